The normalized spacial score (nSPS) is 19.7. The molecule has 1 aliphatic rings. The lowest BCUT2D eigenvalue weighted by atomic mass is 9.86. The standard InChI is InChI=1S/C21H27N5/c1-25(2)14-4-5-17-6-8-20(9-7-17)26(3)21-23-15-19(16-24-21)18-10-12-22-13-11-18/h10-13,15-17,20H,6-9,14H2,1-3H3/t17-,20-. The molecule has 26 heavy (non-hydrogen) atoms. The van der Waals surface area contributed by atoms with Crippen LogP contribution in [0.25, 0.3) is 11.1 Å². The molecule has 2 aromatic heterocycles. The summed E-state index contributed by atoms with van der Waals surface area (Å²) in [5, 5.41) is 0. The van der Waals surface area contributed by atoms with Crippen LogP contribution in [-0.4, -0.2) is 53.6 Å². The van der Waals surface area contributed by atoms with Crippen molar-refractivity contribution in [2.24, 2.45) is 5.92 Å². The maximum absolute atomic E-state index is 4.58. The van der Waals surface area contributed by atoms with Crippen LogP contribution in [0.1, 0.15) is 25.7 Å². The molecule has 0 aliphatic heterocycles. The van der Waals surface area contributed by atoms with Gasteiger partial charge >= 0.3 is 0 Å². The molecule has 2 aromatic rings. The molecule has 0 spiro atoms. The molecule has 0 atom stereocenters. The number of nitrogens with zero attached hydrogens (tertiary/aromatic N) is 5. The molecule has 1 aliphatic carbocycles. The Morgan fingerprint density at radius 2 is 1.62 bits per heavy atom. The summed E-state index contributed by atoms with van der Waals surface area (Å²) in [7, 11) is 6.21. The van der Waals surface area contributed by atoms with Crippen molar-refractivity contribution in [1.29, 1.82) is 0 Å². The second-order valence-electron chi connectivity index (χ2n) is 7.18. The highest BCUT2D eigenvalue weighted by atomic mass is 15.2. The van der Waals surface area contributed by atoms with Crippen LogP contribution < -0.4 is 4.90 Å². The molecule has 0 N–H and O–H groups in total. The highest BCUT2D eigenvalue weighted by Crippen LogP contribution is 2.28. The van der Waals surface area contributed by atoms with E-state index >= 15 is 0 Å². The number of hydrogen-bond donors (Lipinski definition) is 0. The van der Waals surface area contributed by atoms with Gasteiger partial charge in [0.2, 0.25) is 5.95 Å². The molecule has 5 heteroatoms. The molecule has 0 saturated heterocycles. The summed E-state index contributed by atoms with van der Waals surface area (Å²) in [6, 6.07) is 4.44. The zero-order valence-corrected chi connectivity index (χ0v) is 15.9. The van der Waals surface area contributed by atoms with Gasteiger partial charge in [-0.05, 0) is 57.5 Å². The number of hydrogen-bond acceptors (Lipinski definition) is 5. The molecule has 136 valence electrons. The second-order valence-corrected chi connectivity index (χ2v) is 7.18. The Labute approximate surface area is 156 Å². The van der Waals surface area contributed by atoms with Crippen LogP contribution in [0.2, 0.25) is 0 Å². The fourth-order valence-electron chi connectivity index (χ4n) is 3.32. The van der Waals surface area contributed by atoms with Gasteiger partial charge in [0.05, 0.1) is 6.54 Å². The Morgan fingerprint density at radius 3 is 2.23 bits per heavy atom. The van der Waals surface area contributed by atoms with Gasteiger partial charge in [-0.15, -0.1) is 0 Å². The smallest absolute Gasteiger partial charge is 0.225 e. The van der Waals surface area contributed by atoms with E-state index < -0.39 is 0 Å². The summed E-state index contributed by atoms with van der Waals surface area (Å²) in [6.45, 7) is 0.845. The fraction of sp³-hybridized carbons (Fsp3) is 0.476. The Bertz CT molecular complexity index is 737. The van der Waals surface area contributed by atoms with E-state index in [1.54, 1.807) is 12.4 Å². The molecule has 0 amide bonds. The summed E-state index contributed by atoms with van der Waals surface area (Å²) < 4.78 is 0. The Morgan fingerprint density at radius 1 is 0.962 bits per heavy atom. The first-order valence-electron chi connectivity index (χ1n) is 9.22. The molecular formula is C21H27N5. The topological polar surface area (TPSA) is 45.2 Å². The molecule has 0 radical (unpaired) electrons. The van der Waals surface area contributed by atoms with Crippen LogP contribution >= 0.6 is 0 Å². The van der Waals surface area contributed by atoms with E-state index in [2.05, 4.69) is 57.7 Å². The Balaban J connectivity index is 1.56. The van der Waals surface area contributed by atoms with Crippen molar-refractivity contribution in [2.75, 3.05) is 32.6 Å². The second kappa shape index (κ2) is 8.77. The summed E-state index contributed by atoms with van der Waals surface area (Å²) in [6.07, 6.45) is 12.0. The average Bonchev–Trinajstić information content (AvgIpc) is 2.68. The van der Waals surface area contributed by atoms with Crippen molar-refractivity contribution in [2.45, 2.75) is 31.7 Å². The lowest BCUT2D eigenvalue weighted by Crippen LogP contribution is -2.36. The molecule has 0 aromatic carbocycles. The van der Waals surface area contributed by atoms with Crippen molar-refractivity contribution in [1.82, 2.24) is 19.9 Å². The number of anilines is 1. The third kappa shape index (κ3) is 4.80. The van der Waals surface area contributed by atoms with Crippen LogP contribution in [0, 0.1) is 17.8 Å². The SMILES string of the molecule is CN(C)CC#C[C@H]1CC[C@H](N(C)c2ncc(-c3ccncc3)cn2)CC1. The van der Waals surface area contributed by atoms with Crippen LogP contribution in [0.4, 0.5) is 5.95 Å². The van der Waals surface area contributed by atoms with Crippen molar-refractivity contribution in [3.05, 3.63) is 36.9 Å². The minimum absolute atomic E-state index is 0.494. The Hall–Kier alpha value is -2.45. The Kier molecular flexibility index (Phi) is 6.19. The number of pyridine rings is 1. The van der Waals surface area contributed by atoms with Gasteiger partial charge in [-0.1, -0.05) is 11.8 Å². The van der Waals surface area contributed by atoms with E-state index in [9.17, 15) is 0 Å². The summed E-state index contributed by atoms with van der Waals surface area (Å²) in [5.41, 5.74) is 2.11. The van der Waals surface area contributed by atoms with Crippen LogP contribution in [0.15, 0.2) is 36.9 Å². The summed E-state index contributed by atoms with van der Waals surface area (Å²) >= 11 is 0. The molecule has 0 unspecified atom stereocenters. The van der Waals surface area contributed by atoms with E-state index in [4.69, 9.17) is 0 Å². The van der Waals surface area contributed by atoms with Crippen LogP contribution in [0.3, 0.4) is 0 Å². The van der Waals surface area contributed by atoms with Gasteiger partial charge in [0.15, 0.2) is 0 Å². The van der Waals surface area contributed by atoms with Gasteiger partial charge in [0, 0.05) is 49.4 Å². The predicted molar refractivity (Wildman–Crippen MR) is 106 cm³/mol. The third-order valence-electron chi connectivity index (χ3n) is 4.91. The maximum atomic E-state index is 4.58. The zero-order valence-electron chi connectivity index (χ0n) is 15.9. The molecular weight excluding hydrogens is 322 g/mol. The molecule has 0 bridgehead atoms. The van der Waals surface area contributed by atoms with Crippen LogP contribution in [-0.2, 0) is 0 Å². The van der Waals surface area contributed by atoms with E-state index in [0.717, 1.165) is 49.3 Å². The van der Waals surface area contributed by atoms with Gasteiger partial charge < -0.3 is 4.90 Å². The van der Waals surface area contributed by atoms with Gasteiger partial charge in [-0.25, -0.2) is 9.97 Å². The monoisotopic (exact) mass is 349 g/mol. The molecule has 1 fully saturated rings. The van der Waals surface area contributed by atoms with Crippen molar-refractivity contribution < 1.29 is 0 Å². The van der Waals surface area contributed by atoms with Crippen molar-refractivity contribution in [3.63, 3.8) is 0 Å². The van der Waals surface area contributed by atoms with Crippen molar-refractivity contribution in [3.8, 4) is 23.0 Å². The van der Waals surface area contributed by atoms with Gasteiger partial charge in [-0.3, -0.25) is 9.88 Å². The summed E-state index contributed by atoms with van der Waals surface area (Å²) in [5.74, 6) is 8.05. The van der Waals surface area contributed by atoms with Gasteiger partial charge in [0.1, 0.15) is 0 Å². The predicted octanol–water partition coefficient (Wildman–Crippen LogP) is 3.10. The molecule has 1 saturated carbocycles. The third-order valence-corrected chi connectivity index (χ3v) is 4.91. The van der Waals surface area contributed by atoms with E-state index in [1.165, 1.54) is 0 Å². The number of rotatable bonds is 4. The quantitative estimate of drug-likeness (QED) is 0.794. The first kappa shape index (κ1) is 18.3. The first-order valence-corrected chi connectivity index (χ1v) is 9.22. The molecule has 2 heterocycles. The van der Waals surface area contributed by atoms with E-state index in [1.807, 2.05) is 24.5 Å². The average molecular weight is 349 g/mol. The largest absolute Gasteiger partial charge is 0.341 e. The lowest BCUT2D eigenvalue weighted by Gasteiger charge is -2.33. The van der Waals surface area contributed by atoms with Crippen molar-refractivity contribution >= 4 is 5.95 Å². The maximum Gasteiger partial charge on any atom is 0.225 e. The first-order chi connectivity index (χ1) is 12.6. The minimum Gasteiger partial charge on any atom is -0.341 e. The minimum atomic E-state index is 0.494. The highest BCUT2D eigenvalue weighted by Gasteiger charge is 2.24. The fourth-order valence-corrected chi connectivity index (χ4v) is 3.32. The summed E-state index contributed by atoms with van der Waals surface area (Å²) in [4.78, 5) is 17.5. The highest BCUT2D eigenvalue weighted by molar-refractivity contribution is 5.61. The number of aromatic nitrogens is 3. The van der Waals surface area contributed by atoms with E-state index in [-0.39, 0.29) is 0 Å². The van der Waals surface area contributed by atoms with Gasteiger partial charge in [-0.2, -0.15) is 0 Å². The molecule has 3 rings (SSSR count). The molecule has 5 nitrogen and oxygen atoms in total. The van der Waals surface area contributed by atoms with Gasteiger partial charge in [0.25, 0.3) is 0 Å². The van der Waals surface area contributed by atoms with E-state index in [0.29, 0.717) is 12.0 Å². The van der Waals surface area contributed by atoms with Crippen LogP contribution in [0.5, 0.6) is 0 Å². The lowest BCUT2D eigenvalue weighted by molar-refractivity contribution is 0.371. The zero-order chi connectivity index (χ0) is 18.4.